The second-order valence-electron chi connectivity index (χ2n) is 3.62. The molecule has 1 atom stereocenters. The highest BCUT2D eigenvalue weighted by Crippen LogP contribution is 2.09. The molecule has 0 heterocycles. The summed E-state index contributed by atoms with van der Waals surface area (Å²) in [4.78, 5) is 22.3. The lowest BCUT2D eigenvalue weighted by molar-refractivity contribution is -0.139. The van der Waals surface area contributed by atoms with Crippen LogP contribution in [0.25, 0.3) is 0 Å². The quantitative estimate of drug-likeness (QED) is 0.707. The van der Waals surface area contributed by atoms with Gasteiger partial charge in [-0.1, -0.05) is 18.9 Å². The second-order valence-corrected chi connectivity index (χ2v) is 3.62. The van der Waals surface area contributed by atoms with Crippen molar-refractivity contribution in [1.82, 2.24) is 5.32 Å². The van der Waals surface area contributed by atoms with Crippen LogP contribution in [0.15, 0.2) is 24.3 Å². The summed E-state index contributed by atoms with van der Waals surface area (Å²) in [5, 5.41) is 13.7. The first-order valence-electron chi connectivity index (χ1n) is 5.43. The lowest BCUT2D eigenvalue weighted by Crippen LogP contribution is -2.42. The van der Waals surface area contributed by atoms with Gasteiger partial charge in [0.1, 0.15) is 6.04 Å². The van der Waals surface area contributed by atoms with Crippen molar-refractivity contribution in [3.05, 3.63) is 29.8 Å². The number of aliphatic carboxylic acids is 1. The Hall–Kier alpha value is -2.48. The van der Waals surface area contributed by atoms with Crippen LogP contribution in [-0.2, 0) is 4.79 Å². The Bertz CT molecular complexity index is 491. The van der Waals surface area contributed by atoms with Gasteiger partial charge in [-0.2, -0.15) is 0 Å². The van der Waals surface area contributed by atoms with E-state index in [1.165, 1.54) is 0 Å². The number of carboxylic acids is 1. The van der Waals surface area contributed by atoms with Crippen LogP contribution in [0.2, 0.25) is 0 Å². The van der Waals surface area contributed by atoms with Crippen molar-refractivity contribution in [2.75, 3.05) is 5.32 Å². The van der Waals surface area contributed by atoms with E-state index < -0.39 is 18.0 Å². The molecule has 0 bridgehead atoms. The second kappa shape index (κ2) is 6.30. The highest BCUT2D eigenvalue weighted by molar-refractivity contribution is 5.92. The average Bonchev–Trinajstić information content (AvgIpc) is 2.35. The summed E-state index contributed by atoms with van der Waals surface area (Å²) < 4.78 is 0. The van der Waals surface area contributed by atoms with Gasteiger partial charge in [0, 0.05) is 11.3 Å². The van der Waals surface area contributed by atoms with Crippen molar-refractivity contribution in [1.29, 1.82) is 0 Å². The maximum Gasteiger partial charge on any atom is 0.326 e. The van der Waals surface area contributed by atoms with Gasteiger partial charge in [0.05, 0.1) is 0 Å². The molecule has 18 heavy (non-hydrogen) atoms. The number of amides is 2. The molecule has 0 aromatic heterocycles. The van der Waals surface area contributed by atoms with E-state index >= 15 is 0 Å². The molecule has 1 aromatic carbocycles. The molecule has 0 saturated carbocycles. The van der Waals surface area contributed by atoms with Crippen LogP contribution in [0.5, 0.6) is 0 Å². The number of terminal acetylenes is 1. The number of benzene rings is 1. The summed E-state index contributed by atoms with van der Waals surface area (Å²) in [7, 11) is 0. The molecule has 1 aromatic rings. The Morgan fingerprint density at radius 1 is 1.50 bits per heavy atom. The molecule has 0 aliphatic rings. The van der Waals surface area contributed by atoms with Crippen LogP contribution >= 0.6 is 0 Å². The van der Waals surface area contributed by atoms with Crippen molar-refractivity contribution in [2.24, 2.45) is 0 Å². The number of carbonyl (C=O) groups excluding carboxylic acids is 1. The Balaban J connectivity index is 2.64. The third kappa shape index (κ3) is 3.83. The molecule has 1 unspecified atom stereocenters. The van der Waals surface area contributed by atoms with E-state index in [1.54, 1.807) is 31.2 Å². The van der Waals surface area contributed by atoms with Crippen molar-refractivity contribution in [3.8, 4) is 12.3 Å². The normalized spacial score (nSPS) is 11.1. The first-order valence-corrected chi connectivity index (χ1v) is 5.43. The number of hydrogen-bond donors (Lipinski definition) is 3. The lowest BCUT2D eigenvalue weighted by Gasteiger charge is -2.13. The number of urea groups is 1. The molecule has 0 aliphatic carbocycles. The molecule has 0 aliphatic heterocycles. The zero-order chi connectivity index (χ0) is 13.5. The lowest BCUT2D eigenvalue weighted by atomic mass is 10.2. The fourth-order valence-electron chi connectivity index (χ4n) is 1.35. The Labute approximate surface area is 105 Å². The minimum atomic E-state index is -1.06. The molecule has 94 valence electrons. The van der Waals surface area contributed by atoms with E-state index in [0.29, 0.717) is 17.7 Å². The molecular weight excluding hydrogens is 232 g/mol. The van der Waals surface area contributed by atoms with E-state index in [9.17, 15) is 9.59 Å². The van der Waals surface area contributed by atoms with Gasteiger partial charge in [0.25, 0.3) is 0 Å². The summed E-state index contributed by atoms with van der Waals surface area (Å²) in [5.41, 5.74) is 1.15. The molecule has 0 radical (unpaired) electrons. The van der Waals surface area contributed by atoms with Gasteiger partial charge < -0.3 is 15.7 Å². The fourth-order valence-corrected chi connectivity index (χ4v) is 1.35. The van der Waals surface area contributed by atoms with E-state index in [-0.39, 0.29) is 0 Å². The van der Waals surface area contributed by atoms with Gasteiger partial charge in [-0.15, -0.1) is 6.42 Å². The SMILES string of the molecule is C#Cc1cccc(NC(=O)NC(CC)C(=O)O)c1. The summed E-state index contributed by atoms with van der Waals surface area (Å²) >= 11 is 0. The van der Waals surface area contributed by atoms with Crippen molar-refractivity contribution >= 4 is 17.7 Å². The monoisotopic (exact) mass is 246 g/mol. The van der Waals surface area contributed by atoms with E-state index in [4.69, 9.17) is 11.5 Å². The van der Waals surface area contributed by atoms with Crippen LogP contribution in [0.1, 0.15) is 18.9 Å². The number of carboxylic acid groups (broad SMARTS) is 1. The Morgan fingerprint density at radius 2 is 2.22 bits per heavy atom. The van der Waals surface area contributed by atoms with Gasteiger partial charge in [0.2, 0.25) is 0 Å². The molecule has 1 rings (SSSR count). The fraction of sp³-hybridized carbons (Fsp3) is 0.231. The third-order valence-corrected chi connectivity index (χ3v) is 2.30. The number of carbonyl (C=O) groups is 2. The first-order chi connectivity index (χ1) is 8.56. The van der Waals surface area contributed by atoms with E-state index in [1.807, 2.05) is 0 Å². The minimum absolute atomic E-state index is 0.313. The van der Waals surface area contributed by atoms with Crippen LogP contribution in [0.3, 0.4) is 0 Å². The van der Waals surface area contributed by atoms with Gasteiger partial charge in [0.15, 0.2) is 0 Å². The molecular formula is C13H14N2O3. The van der Waals surface area contributed by atoms with Crippen LogP contribution in [0.4, 0.5) is 10.5 Å². The standard InChI is InChI=1S/C13H14N2O3/c1-3-9-6-5-7-10(8-9)14-13(18)15-11(4-2)12(16)17/h1,5-8,11H,4H2,2H3,(H,16,17)(H2,14,15,18). The van der Waals surface area contributed by atoms with Gasteiger partial charge in [-0.25, -0.2) is 9.59 Å². The molecule has 3 N–H and O–H groups in total. The number of nitrogens with one attached hydrogen (secondary N) is 2. The Morgan fingerprint density at radius 3 is 2.78 bits per heavy atom. The van der Waals surface area contributed by atoms with Gasteiger partial charge >= 0.3 is 12.0 Å². The number of hydrogen-bond acceptors (Lipinski definition) is 2. The van der Waals surface area contributed by atoms with Crippen molar-refractivity contribution in [3.63, 3.8) is 0 Å². The predicted octanol–water partition coefficient (Wildman–Crippen LogP) is 1.65. The van der Waals surface area contributed by atoms with Crippen molar-refractivity contribution in [2.45, 2.75) is 19.4 Å². The zero-order valence-electron chi connectivity index (χ0n) is 9.93. The highest BCUT2D eigenvalue weighted by atomic mass is 16.4. The van der Waals surface area contributed by atoms with Crippen molar-refractivity contribution < 1.29 is 14.7 Å². The molecule has 5 nitrogen and oxygen atoms in total. The molecule has 0 saturated heterocycles. The number of rotatable bonds is 4. The predicted molar refractivity (Wildman–Crippen MR) is 68.2 cm³/mol. The zero-order valence-corrected chi connectivity index (χ0v) is 9.93. The third-order valence-electron chi connectivity index (χ3n) is 2.30. The molecule has 5 heteroatoms. The van der Waals surface area contributed by atoms with Crippen LogP contribution < -0.4 is 10.6 Å². The van der Waals surface area contributed by atoms with Crippen LogP contribution in [0, 0.1) is 12.3 Å². The summed E-state index contributed by atoms with van der Waals surface area (Å²) in [6.07, 6.45) is 5.55. The van der Waals surface area contributed by atoms with Gasteiger partial charge in [-0.05, 0) is 24.6 Å². The van der Waals surface area contributed by atoms with E-state index in [2.05, 4.69) is 16.6 Å². The minimum Gasteiger partial charge on any atom is -0.480 e. The maximum absolute atomic E-state index is 11.5. The largest absolute Gasteiger partial charge is 0.480 e. The van der Waals surface area contributed by atoms with Crippen LogP contribution in [-0.4, -0.2) is 23.1 Å². The highest BCUT2D eigenvalue weighted by Gasteiger charge is 2.17. The molecule has 0 fully saturated rings. The van der Waals surface area contributed by atoms with Gasteiger partial charge in [-0.3, -0.25) is 0 Å². The summed E-state index contributed by atoms with van der Waals surface area (Å²) in [6.45, 7) is 1.68. The Kier molecular flexibility index (Phi) is 4.76. The summed E-state index contributed by atoms with van der Waals surface area (Å²) in [5.74, 6) is 1.38. The number of anilines is 1. The average molecular weight is 246 g/mol. The first kappa shape index (κ1) is 13.6. The smallest absolute Gasteiger partial charge is 0.326 e. The topological polar surface area (TPSA) is 78.4 Å². The summed E-state index contributed by atoms with van der Waals surface area (Å²) in [6, 6.07) is 5.26. The molecule has 0 spiro atoms. The maximum atomic E-state index is 11.5. The van der Waals surface area contributed by atoms with E-state index in [0.717, 1.165) is 0 Å². The molecule has 2 amide bonds.